The van der Waals surface area contributed by atoms with Gasteiger partial charge in [0, 0.05) is 6.92 Å². The number of sulfonamides is 1. The Balaban J connectivity index is 3.48. The normalized spacial score (nSPS) is 13.1. The summed E-state index contributed by atoms with van der Waals surface area (Å²) >= 11 is 0. The van der Waals surface area contributed by atoms with E-state index in [1.165, 1.54) is 51.9 Å². The maximum Gasteiger partial charge on any atom is 0.303 e. The van der Waals surface area contributed by atoms with E-state index in [0.29, 0.717) is 6.42 Å². The number of hydrogen-bond donors (Lipinski definition) is 1. The third-order valence-electron chi connectivity index (χ3n) is 4.56. The lowest BCUT2D eigenvalue weighted by Crippen LogP contribution is -2.16. The Morgan fingerprint density at radius 1 is 0.926 bits per heavy atom. The number of ether oxygens (including phenoxy) is 1. The largest absolute Gasteiger partial charge is 0.458 e. The Labute approximate surface area is 167 Å². The first-order valence-corrected chi connectivity index (χ1v) is 12.4. The minimum absolute atomic E-state index is 0.0626. The number of primary sulfonamides is 1. The molecular formula is C21H41NO4S. The Kier molecular flexibility index (Phi) is 16.7. The van der Waals surface area contributed by atoms with Crippen LogP contribution in [0.5, 0.6) is 0 Å². The Morgan fingerprint density at radius 3 is 1.93 bits per heavy atom. The van der Waals surface area contributed by atoms with Crippen LogP contribution in [0.1, 0.15) is 104 Å². The first-order chi connectivity index (χ1) is 12.8. The lowest BCUT2D eigenvalue weighted by molar-refractivity contribution is -0.144. The van der Waals surface area contributed by atoms with Gasteiger partial charge < -0.3 is 4.74 Å². The van der Waals surface area contributed by atoms with Gasteiger partial charge in [-0.25, -0.2) is 13.6 Å². The monoisotopic (exact) mass is 403 g/mol. The molecule has 5 nitrogen and oxygen atoms in total. The molecule has 2 N–H and O–H groups in total. The van der Waals surface area contributed by atoms with Gasteiger partial charge in [0.25, 0.3) is 0 Å². The number of hydrogen-bond acceptors (Lipinski definition) is 4. The fourth-order valence-electron chi connectivity index (χ4n) is 3.04. The van der Waals surface area contributed by atoms with E-state index in [9.17, 15) is 13.2 Å². The van der Waals surface area contributed by atoms with Crippen molar-refractivity contribution in [2.45, 2.75) is 110 Å². The van der Waals surface area contributed by atoms with E-state index in [-0.39, 0.29) is 17.8 Å². The first-order valence-electron chi connectivity index (χ1n) is 10.7. The summed E-state index contributed by atoms with van der Waals surface area (Å²) in [7, 11) is -3.28. The van der Waals surface area contributed by atoms with Crippen molar-refractivity contribution < 1.29 is 17.9 Å². The van der Waals surface area contributed by atoms with Gasteiger partial charge >= 0.3 is 5.97 Å². The number of allylic oxidation sites excluding steroid dienone is 1. The van der Waals surface area contributed by atoms with Crippen molar-refractivity contribution in [3.8, 4) is 0 Å². The SMILES string of the molecule is CCCC[C@H](C=CCCCCCCCCCCCCS(N)(=O)=O)OC(C)=O. The van der Waals surface area contributed by atoms with Crippen LogP contribution >= 0.6 is 0 Å². The molecule has 160 valence electrons. The quantitative estimate of drug-likeness (QED) is 0.192. The fraction of sp³-hybridized carbons (Fsp3) is 0.857. The van der Waals surface area contributed by atoms with Crippen LogP contribution in [-0.2, 0) is 19.6 Å². The van der Waals surface area contributed by atoms with Crippen molar-refractivity contribution in [3.05, 3.63) is 12.2 Å². The lowest BCUT2D eigenvalue weighted by atomic mass is 10.1. The topological polar surface area (TPSA) is 86.5 Å². The van der Waals surface area contributed by atoms with Gasteiger partial charge in [-0.2, -0.15) is 0 Å². The lowest BCUT2D eigenvalue weighted by Gasteiger charge is -2.12. The molecule has 6 heteroatoms. The van der Waals surface area contributed by atoms with E-state index in [1.807, 2.05) is 6.08 Å². The minimum atomic E-state index is -3.28. The highest BCUT2D eigenvalue weighted by molar-refractivity contribution is 7.89. The van der Waals surface area contributed by atoms with Gasteiger partial charge in [0.05, 0.1) is 5.75 Å². The predicted octanol–water partition coefficient (Wildman–Crippen LogP) is 5.24. The van der Waals surface area contributed by atoms with Crippen molar-refractivity contribution in [2.24, 2.45) is 5.14 Å². The van der Waals surface area contributed by atoms with E-state index in [0.717, 1.165) is 38.5 Å². The van der Waals surface area contributed by atoms with Gasteiger partial charge in [0.1, 0.15) is 6.10 Å². The number of unbranched alkanes of at least 4 members (excludes halogenated alkanes) is 11. The van der Waals surface area contributed by atoms with Crippen LogP contribution in [0.3, 0.4) is 0 Å². The summed E-state index contributed by atoms with van der Waals surface area (Å²) < 4.78 is 26.9. The molecule has 0 heterocycles. The third-order valence-corrected chi connectivity index (χ3v) is 5.42. The highest BCUT2D eigenvalue weighted by Gasteiger charge is 2.06. The highest BCUT2D eigenvalue weighted by Crippen LogP contribution is 2.12. The van der Waals surface area contributed by atoms with Crippen LogP contribution in [0.15, 0.2) is 12.2 Å². The van der Waals surface area contributed by atoms with E-state index >= 15 is 0 Å². The van der Waals surface area contributed by atoms with Crippen LogP contribution in [-0.4, -0.2) is 26.2 Å². The van der Waals surface area contributed by atoms with Gasteiger partial charge in [-0.1, -0.05) is 70.8 Å². The molecule has 0 amide bonds. The number of rotatable bonds is 18. The summed E-state index contributed by atoms with van der Waals surface area (Å²) in [6.45, 7) is 3.61. The molecule has 0 fully saturated rings. The molecule has 0 saturated carbocycles. The van der Waals surface area contributed by atoms with Crippen LogP contribution in [0.25, 0.3) is 0 Å². The molecule has 0 unspecified atom stereocenters. The maximum absolute atomic E-state index is 11.1. The number of esters is 1. The molecule has 0 saturated heterocycles. The molecular weight excluding hydrogens is 362 g/mol. The minimum Gasteiger partial charge on any atom is -0.458 e. The summed E-state index contributed by atoms with van der Waals surface area (Å²) in [6.07, 6.45) is 19.7. The van der Waals surface area contributed by atoms with Gasteiger partial charge in [0.15, 0.2) is 0 Å². The number of nitrogens with two attached hydrogens (primary N) is 1. The predicted molar refractivity (Wildman–Crippen MR) is 113 cm³/mol. The zero-order valence-corrected chi connectivity index (χ0v) is 18.3. The number of carbonyl (C=O) groups excluding carboxylic acids is 1. The molecule has 0 aliphatic carbocycles. The maximum atomic E-state index is 11.1. The summed E-state index contributed by atoms with van der Waals surface area (Å²) in [5.74, 6) is -0.0908. The van der Waals surface area contributed by atoms with Crippen molar-refractivity contribution >= 4 is 16.0 Å². The van der Waals surface area contributed by atoms with Crippen LogP contribution in [0.4, 0.5) is 0 Å². The van der Waals surface area contributed by atoms with E-state index in [1.54, 1.807) is 0 Å². The summed E-state index contributed by atoms with van der Waals surface area (Å²) in [6, 6.07) is 0. The standard InChI is InChI=1S/C21H41NO4S/c1-3-4-17-21(26-20(2)23)18-15-13-11-9-7-5-6-8-10-12-14-16-19-27(22,24)25/h15,18,21H,3-14,16-17,19H2,1-2H3,(H2,22,24,25)/t21-/m1/s1. The van der Waals surface area contributed by atoms with Crippen molar-refractivity contribution in [1.29, 1.82) is 0 Å². The molecule has 0 aromatic carbocycles. The first kappa shape index (κ1) is 26.1. The second kappa shape index (κ2) is 17.2. The fourth-order valence-corrected chi connectivity index (χ4v) is 3.65. The Morgan fingerprint density at radius 2 is 1.44 bits per heavy atom. The van der Waals surface area contributed by atoms with Crippen molar-refractivity contribution in [2.75, 3.05) is 5.75 Å². The van der Waals surface area contributed by atoms with Gasteiger partial charge in [-0.15, -0.1) is 0 Å². The Bertz CT molecular complexity index is 488. The van der Waals surface area contributed by atoms with Crippen LogP contribution in [0, 0.1) is 0 Å². The zero-order chi connectivity index (χ0) is 20.4. The third kappa shape index (κ3) is 21.3. The summed E-state index contributed by atoms with van der Waals surface area (Å²) in [4.78, 5) is 11.1. The molecule has 27 heavy (non-hydrogen) atoms. The highest BCUT2D eigenvalue weighted by atomic mass is 32.2. The molecule has 1 atom stereocenters. The summed E-state index contributed by atoms with van der Waals surface area (Å²) in [5.41, 5.74) is 0. The zero-order valence-electron chi connectivity index (χ0n) is 17.5. The van der Waals surface area contributed by atoms with Gasteiger partial charge in [-0.3, -0.25) is 4.79 Å². The van der Waals surface area contributed by atoms with E-state index < -0.39 is 10.0 Å². The van der Waals surface area contributed by atoms with E-state index in [2.05, 4.69) is 13.0 Å². The molecule has 0 rings (SSSR count). The van der Waals surface area contributed by atoms with E-state index in [4.69, 9.17) is 9.88 Å². The van der Waals surface area contributed by atoms with Crippen molar-refractivity contribution in [1.82, 2.24) is 0 Å². The molecule has 0 aromatic rings. The van der Waals surface area contributed by atoms with Crippen LogP contribution in [0.2, 0.25) is 0 Å². The molecule has 0 aromatic heterocycles. The average Bonchev–Trinajstić information content (AvgIpc) is 2.58. The molecule has 0 radical (unpaired) electrons. The number of carbonyl (C=O) groups is 1. The van der Waals surface area contributed by atoms with Crippen LogP contribution < -0.4 is 5.14 Å². The molecule has 0 spiro atoms. The second-order valence-corrected chi connectivity index (χ2v) is 9.14. The smallest absolute Gasteiger partial charge is 0.303 e. The molecule has 0 aliphatic rings. The van der Waals surface area contributed by atoms with Gasteiger partial charge in [-0.05, 0) is 38.2 Å². The van der Waals surface area contributed by atoms with Crippen molar-refractivity contribution in [3.63, 3.8) is 0 Å². The Hall–Kier alpha value is -0.880. The molecule has 0 aliphatic heterocycles. The average molecular weight is 404 g/mol. The summed E-state index contributed by atoms with van der Waals surface area (Å²) in [5, 5.41) is 4.98. The second-order valence-electron chi connectivity index (χ2n) is 7.41. The molecule has 0 bridgehead atoms. The van der Waals surface area contributed by atoms with Gasteiger partial charge in [0.2, 0.25) is 10.0 Å².